The van der Waals surface area contributed by atoms with Crippen LogP contribution < -0.4 is 14.8 Å². The summed E-state index contributed by atoms with van der Waals surface area (Å²) in [5.41, 5.74) is 0.546. The number of hydrogen-bond donors (Lipinski definition) is 1. The second-order valence-corrected chi connectivity index (χ2v) is 6.78. The number of carbonyl (C=O) groups is 1. The summed E-state index contributed by atoms with van der Waals surface area (Å²) < 4.78 is 11.5. The van der Waals surface area contributed by atoms with Crippen molar-refractivity contribution in [1.82, 2.24) is 25.3 Å². The van der Waals surface area contributed by atoms with Crippen LogP contribution in [0.4, 0.5) is 0 Å². The molecular weight excluding hydrogens is 370 g/mol. The summed E-state index contributed by atoms with van der Waals surface area (Å²) >= 11 is 0. The first kappa shape index (κ1) is 18.8. The van der Waals surface area contributed by atoms with Crippen LogP contribution in [0.25, 0.3) is 0 Å². The molecule has 2 heterocycles. The minimum absolute atomic E-state index is 0.101. The molecule has 0 bridgehead atoms. The van der Waals surface area contributed by atoms with Crippen LogP contribution in [-0.2, 0) is 0 Å². The zero-order chi connectivity index (χ0) is 19.9. The smallest absolute Gasteiger partial charge is 0.251 e. The molecule has 4 rings (SSSR count). The summed E-state index contributed by atoms with van der Waals surface area (Å²) in [7, 11) is 0. The van der Waals surface area contributed by atoms with Crippen molar-refractivity contribution in [3.63, 3.8) is 0 Å². The van der Waals surface area contributed by atoms with Gasteiger partial charge in [-0.05, 0) is 43.9 Å². The number of hydrogen-bond acceptors (Lipinski definition) is 7. The molecule has 1 aliphatic rings. The van der Waals surface area contributed by atoms with Gasteiger partial charge >= 0.3 is 0 Å². The summed E-state index contributed by atoms with van der Waals surface area (Å²) in [6.45, 7) is 0. The second-order valence-electron chi connectivity index (χ2n) is 6.78. The van der Waals surface area contributed by atoms with Gasteiger partial charge in [0.15, 0.2) is 0 Å². The molecule has 1 fully saturated rings. The van der Waals surface area contributed by atoms with E-state index in [1.54, 1.807) is 55.2 Å². The summed E-state index contributed by atoms with van der Waals surface area (Å²) in [6, 6.07) is 7.15. The third-order valence-corrected chi connectivity index (χ3v) is 4.69. The molecule has 0 atom stereocenters. The lowest BCUT2D eigenvalue weighted by Crippen LogP contribution is -2.39. The van der Waals surface area contributed by atoms with Gasteiger partial charge in [-0.1, -0.05) is 6.07 Å². The molecule has 8 heteroatoms. The monoisotopic (exact) mass is 391 g/mol. The van der Waals surface area contributed by atoms with Crippen molar-refractivity contribution in [1.29, 1.82) is 0 Å². The SMILES string of the molecule is O=C(NC1CCC(Oc2cnccn2)CC1)c1cccc(Oc2cnccn2)c1. The Bertz CT molecular complexity index is 931. The van der Waals surface area contributed by atoms with Crippen LogP contribution in [0.3, 0.4) is 0 Å². The molecule has 0 saturated heterocycles. The molecule has 1 amide bonds. The number of carbonyl (C=O) groups excluding carboxylic acids is 1. The molecule has 148 valence electrons. The zero-order valence-electron chi connectivity index (χ0n) is 15.8. The van der Waals surface area contributed by atoms with Crippen LogP contribution in [0.5, 0.6) is 17.5 Å². The molecule has 0 unspecified atom stereocenters. The molecule has 2 aromatic heterocycles. The molecular formula is C21H21N5O3. The van der Waals surface area contributed by atoms with Crippen LogP contribution in [0.1, 0.15) is 36.0 Å². The first-order valence-corrected chi connectivity index (χ1v) is 9.54. The van der Waals surface area contributed by atoms with Gasteiger partial charge in [-0.3, -0.25) is 14.8 Å². The Hall–Kier alpha value is -3.55. The molecule has 0 aliphatic heterocycles. The quantitative estimate of drug-likeness (QED) is 0.689. The fraction of sp³-hybridized carbons (Fsp3) is 0.286. The average Bonchev–Trinajstić information content (AvgIpc) is 2.77. The molecule has 1 aromatic carbocycles. The van der Waals surface area contributed by atoms with Gasteiger partial charge in [-0.2, -0.15) is 0 Å². The minimum Gasteiger partial charge on any atom is -0.473 e. The Balaban J connectivity index is 1.29. The predicted molar refractivity (Wildman–Crippen MR) is 105 cm³/mol. The van der Waals surface area contributed by atoms with E-state index in [4.69, 9.17) is 9.47 Å². The standard InChI is InChI=1S/C21H21N5O3/c27-21(15-2-1-3-18(12-15)29-20-14-23-9-11-25-20)26-16-4-6-17(7-5-16)28-19-13-22-8-10-24-19/h1-3,8-14,16-17H,4-7H2,(H,26,27). The number of amides is 1. The Morgan fingerprint density at radius 3 is 2.34 bits per heavy atom. The van der Waals surface area contributed by atoms with Crippen molar-refractivity contribution >= 4 is 5.91 Å². The molecule has 1 saturated carbocycles. The van der Waals surface area contributed by atoms with E-state index in [0.29, 0.717) is 23.1 Å². The number of nitrogens with zero attached hydrogens (tertiary/aromatic N) is 4. The minimum atomic E-state index is -0.118. The zero-order valence-corrected chi connectivity index (χ0v) is 15.8. The van der Waals surface area contributed by atoms with Gasteiger partial charge in [-0.15, -0.1) is 0 Å². The van der Waals surface area contributed by atoms with Gasteiger partial charge in [0.25, 0.3) is 5.91 Å². The summed E-state index contributed by atoms with van der Waals surface area (Å²) in [6.07, 6.45) is 13.0. The number of benzene rings is 1. The van der Waals surface area contributed by atoms with Crippen molar-refractivity contribution in [2.45, 2.75) is 37.8 Å². The van der Waals surface area contributed by atoms with Crippen molar-refractivity contribution in [2.75, 3.05) is 0 Å². The summed E-state index contributed by atoms with van der Waals surface area (Å²) in [5, 5.41) is 3.10. The van der Waals surface area contributed by atoms with Gasteiger partial charge in [0.2, 0.25) is 11.8 Å². The Kier molecular flexibility index (Phi) is 5.89. The maximum atomic E-state index is 12.6. The van der Waals surface area contributed by atoms with Gasteiger partial charge in [0.1, 0.15) is 11.9 Å². The van der Waals surface area contributed by atoms with Crippen LogP contribution in [-0.4, -0.2) is 38.0 Å². The Labute approximate surface area is 168 Å². The Morgan fingerprint density at radius 2 is 1.66 bits per heavy atom. The lowest BCUT2D eigenvalue weighted by Gasteiger charge is -2.29. The second kappa shape index (κ2) is 9.09. The highest BCUT2D eigenvalue weighted by molar-refractivity contribution is 5.94. The van der Waals surface area contributed by atoms with Crippen LogP contribution in [0.15, 0.2) is 61.4 Å². The van der Waals surface area contributed by atoms with E-state index in [2.05, 4.69) is 25.3 Å². The van der Waals surface area contributed by atoms with Crippen LogP contribution in [0, 0.1) is 0 Å². The van der Waals surface area contributed by atoms with Crippen LogP contribution >= 0.6 is 0 Å². The summed E-state index contributed by atoms with van der Waals surface area (Å²) in [4.78, 5) is 28.8. The van der Waals surface area contributed by atoms with E-state index < -0.39 is 0 Å². The van der Waals surface area contributed by atoms with Crippen molar-refractivity contribution in [3.8, 4) is 17.5 Å². The van der Waals surface area contributed by atoms with Crippen LogP contribution in [0.2, 0.25) is 0 Å². The Morgan fingerprint density at radius 1 is 0.931 bits per heavy atom. The topological polar surface area (TPSA) is 99.1 Å². The van der Waals surface area contributed by atoms with E-state index in [1.165, 1.54) is 6.20 Å². The fourth-order valence-corrected chi connectivity index (χ4v) is 3.27. The maximum Gasteiger partial charge on any atom is 0.251 e. The number of nitrogens with one attached hydrogen (secondary N) is 1. The fourth-order valence-electron chi connectivity index (χ4n) is 3.27. The lowest BCUT2D eigenvalue weighted by atomic mass is 9.92. The van der Waals surface area contributed by atoms with Crippen molar-refractivity contribution in [2.24, 2.45) is 0 Å². The van der Waals surface area contributed by atoms with Gasteiger partial charge in [-0.25, -0.2) is 9.97 Å². The third kappa shape index (κ3) is 5.25. The van der Waals surface area contributed by atoms with E-state index >= 15 is 0 Å². The molecule has 8 nitrogen and oxygen atoms in total. The van der Waals surface area contributed by atoms with Crippen molar-refractivity contribution < 1.29 is 14.3 Å². The molecule has 3 aromatic rings. The average molecular weight is 391 g/mol. The van der Waals surface area contributed by atoms with E-state index in [0.717, 1.165) is 25.7 Å². The normalized spacial score (nSPS) is 18.6. The van der Waals surface area contributed by atoms with Gasteiger partial charge < -0.3 is 14.8 Å². The molecule has 29 heavy (non-hydrogen) atoms. The highest BCUT2D eigenvalue weighted by Crippen LogP contribution is 2.24. The predicted octanol–water partition coefficient (Wildman–Crippen LogP) is 3.18. The lowest BCUT2D eigenvalue weighted by molar-refractivity contribution is 0.0889. The van der Waals surface area contributed by atoms with Gasteiger partial charge in [0, 0.05) is 36.4 Å². The highest BCUT2D eigenvalue weighted by Gasteiger charge is 2.24. The largest absolute Gasteiger partial charge is 0.473 e. The van der Waals surface area contributed by atoms with E-state index in [1.807, 2.05) is 0 Å². The van der Waals surface area contributed by atoms with E-state index in [9.17, 15) is 4.79 Å². The first-order chi connectivity index (χ1) is 14.3. The highest BCUT2D eigenvalue weighted by atomic mass is 16.5. The number of rotatable bonds is 6. The third-order valence-electron chi connectivity index (χ3n) is 4.69. The van der Waals surface area contributed by atoms with E-state index in [-0.39, 0.29) is 18.1 Å². The molecule has 0 spiro atoms. The maximum absolute atomic E-state index is 12.6. The number of ether oxygens (including phenoxy) is 2. The van der Waals surface area contributed by atoms with Gasteiger partial charge in [0.05, 0.1) is 12.4 Å². The number of aromatic nitrogens is 4. The molecule has 1 N–H and O–H groups in total. The molecule has 1 aliphatic carbocycles. The molecule has 0 radical (unpaired) electrons. The summed E-state index contributed by atoms with van der Waals surface area (Å²) in [5.74, 6) is 1.35. The van der Waals surface area contributed by atoms with Crippen molar-refractivity contribution in [3.05, 3.63) is 67.0 Å². The first-order valence-electron chi connectivity index (χ1n) is 9.54.